The van der Waals surface area contributed by atoms with Gasteiger partial charge in [0.1, 0.15) is 0 Å². The van der Waals surface area contributed by atoms with E-state index in [9.17, 15) is 19.8 Å². The van der Waals surface area contributed by atoms with Crippen molar-refractivity contribution in [1.82, 2.24) is 10.1 Å². The van der Waals surface area contributed by atoms with Crippen molar-refractivity contribution in [3.63, 3.8) is 0 Å². The van der Waals surface area contributed by atoms with E-state index in [1.54, 1.807) is 6.07 Å². The summed E-state index contributed by atoms with van der Waals surface area (Å²) in [5.74, 6) is -1.90. The fourth-order valence-corrected chi connectivity index (χ4v) is 3.18. The summed E-state index contributed by atoms with van der Waals surface area (Å²) < 4.78 is 5.25. The maximum atomic E-state index is 12.1. The van der Waals surface area contributed by atoms with E-state index < -0.39 is 23.9 Å². The second kappa shape index (κ2) is 6.39. The zero-order valence-electron chi connectivity index (χ0n) is 13.6. The number of nitrogens with zero attached hydrogens (tertiary/aromatic N) is 2. The molecule has 0 aliphatic carbocycles. The molecular formula is C15H17N2NaO5. The Balaban J connectivity index is 0.00000192. The molecule has 1 aromatic heterocycles. The minimum absolute atomic E-state index is 0. The van der Waals surface area contributed by atoms with Crippen molar-refractivity contribution in [3.05, 3.63) is 23.2 Å². The number of β-lactam (4-membered cyclic amide) rings is 1. The molecule has 0 unspecified atom stereocenters. The second-order valence-electron chi connectivity index (χ2n) is 6.13. The van der Waals surface area contributed by atoms with Gasteiger partial charge in [-0.25, -0.2) is 0 Å². The van der Waals surface area contributed by atoms with Crippen molar-refractivity contribution in [1.29, 1.82) is 0 Å². The van der Waals surface area contributed by atoms with E-state index in [0.29, 0.717) is 23.4 Å². The van der Waals surface area contributed by atoms with E-state index in [2.05, 4.69) is 5.16 Å². The number of aromatic nitrogens is 1. The maximum absolute atomic E-state index is 12.1. The number of carboxylic acid groups (broad SMARTS) is 1. The van der Waals surface area contributed by atoms with Crippen LogP contribution in [0.15, 0.2) is 16.3 Å². The van der Waals surface area contributed by atoms with E-state index in [4.69, 9.17) is 4.52 Å². The number of aliphatic carboxylic acids is 1. The Labute approximate surface area is 155 Å². The summed E-state index contributed by atoms with van der Waals surface area (Å²) in [6.45, 7) is 5.43. The summed E-state index contributed by atoms with van der Waals surface area (Å²) in [5, 5.41) is 25.1. The third-order valence-electron chi connectivity index (χ3n) is 4.34. The Morgan fingerprint density at radius 3 is 2.61 bits per heavy atom. The van der Waals surface area contributed by atoms with Gasteiger partial charge in [-0.1, -0.05) is 19.0 Å². The molecule has 1 amide bonds. The summed E-state index contributed by atoms with van der Waals surface area (Å²) in [4.78, 5) is 24.7. The zero-order chi connectivity index (χ0) is 16.2. The molecule has 0 aromatic carbocycles. The Morgan fingerprint density at radius 2 is 2.13 bits per heavy atom. The molecule has 3 atom stereocenters. The van der Waals surface area contributed by atoms with Gasteiger partial charge in [-0.05, 0) is 12.8 Å². The van der Waals surface area contributed by atoms with Gasteiger partial charge in [0, 0.05) is 18.1 Å². The standard InChI is InChI=1S/C15H18N2O5.Na/c1-6(2)9-5-11(22-16-9)8-4-10-12(7(3)18)14(19)17(10)13(8)15(20)21;/h5-7,10,12,18H,4H2,1-3H3,(H,20,21);/q;+1/p-1/t7-,10-,12-;/m1./s1. The van der Waals surface area contributed by atoms with Crippen molar-refractivity contribution in [2.24, 2.45) is 5.92 Å². The first-order valence-electron chi connectivity index (χ1n) is 7.25. The Bertz CT molecular complexity index is 679. The summed E-state index contributed by atoms with van der Waals surface area (Å²) in [5.41, 5.74) is 0.951. The van der Waals surface area contributed by atoms with E-state index >= 15 is 0 Å². The van der Waals surface area contributed by atoms with E-state index in [-0.39, 0.29) is 47.2 Å². The number of amides is 1. The average Bonchev–Trinajstić information content (AvgIpc) is 2.99. The number of rotatable bonds is 4. The topological polar surface area (TPSA) is 107 Å². The molecule has 1 N–H and O–H groups in total. The fourth-order valence-electron chi connectivity index (χ4n) is 3.18. The van der Waals surface area contributed by atoms with Crippen LogP contribution in [0.2, 0.25) is 0 Å². The first kappa shape index (κ1) is 18.2. The van der Waals surface area contributed by atoms with Crippen molar-refractivity contribution in [2.75, 3.05) is 0 Å². The van der Waals surface area contributed by atoms with Gasteiger partial charge in [0.2, 0.25) is 5.91 Å². The molecule has 0 spiro atoms. The first-order valence-corrected chi connectivity index (χ1v) is 7.25. The van der Waals surface area contributed by atoms with Crippen molar-refractivity contribution >= 4 is 17.4 Å². The molecule has 2 aliphatic rings. The van der Waals surface area contributed by atoms with Crippen LogP contribution >= 0.6 is 0 Å². The summed E-state index contributed by atoms with van der Waals surface area (Å²) >= 11 is 0. The molecule has 2 aliphatic heterocycles. The van der Waals surface area contributed by atoms with Crippen LogP contribution in [0.4, 0.5) is 0 Å². The van der Waals surface area contributed by atoms with Crippen molar-refractivity contribution in [2.45, 2.75) is 45.3 Å². The Kier molecular flexibility index (Phi) is 5.06. The third kappa shape index (κ3) is 2.76. The summed E-state index contributed by atoms with van der Waals surface area (Å²) in [7, 11) is 0. The molecule has 8 heteroatoms. The quantitative estimate of drug-likeness (QED) is 0.463. The normalized spacial score (nSPS) is 24.4. The SMILES string of the molecule is CC(C)c1cc(C2=C(C(=O)[O-])N3C(=O)[C@H]([C@@H](C)O)[C@H]3C2)on1.[Na+]. The van der Waals surface area contributed by atoms with Gasteiger partial charge in [0.05, 0.1) is 35.4 Å². The van der Waals surface area contributed by atoms with Crippen LogP contribution in [0.1, 0.15) is 44.6 Å². The predicted octanol–water partition coefficient (Wildman–Crippen LogP) is -3.13. The number of carbonyl (C=O) groups is 2. The Hall–Kier alpha value is -1.15. The van der Waals surface area contributed by atoms with E-state index in [1.807, 2.05) is 13.8 Å². The van der Waals surface area contributed by atoms with Crippen molar-refractivity contribution < 1.29 is 53.9 Å². The molecule has 1 saturated heterocycles. The molecule has 23 heavy (non-hydrogen) atoms. The monoisotopic (exact) mass is 328 g/mol. The van der Waals surface area contributed by atoms with Crippen LogP contribution in [-0.4, -0.2) is 39.2 Å². The zero-order valence-corrected chi connectivity index (χ0v) is 15.6. The number of carbonyl (C=O) groups excluding carboxylic acids is 2. The number of aliphatic hydroxyl groups is 1. The van der Waals surface area contributed by atoms with Gasteiger partial charge in [-0.3, -0.25) is 4.79 Å². The summed E-state index contributed by atoms with van der Waals surface area (Å²) in [6.07, 6.45) is -0.505. The second-order valence-corrected chi connectivity index (χ2v) is 6.13. The minimum atomic E-state index is -1.42. The van der Waals surface area contributed by atoms with Crippen molar-refractivity contribution in [3.8, 4) is 0 Å². The van der Waals surface area contributed by atoms with Gasteiger partial charge in [-0.2, -0.15) is 0 Å². The molecule has 1 aromatic rings. The Morgan fingerprint density at radius 1 is 1.48 bits per heavy atom. The molecule has 7 nitrogen and oxygen atoms in total. The smallest absolute Gasteiger partial charge is 0.543 e. The number of hydrogen-bond donors (Lipinski definition) is 1. The number of carboxylic acids is 1. The molecular weight excluding hydrogens is 311 g/mol. The van der Waals surface area contributed by atoms with Crippen LogP contribution in [0, 0.1) is 5.92 Å². The van der Waals surface area contributed by atoms with Gasteiger partial charge in [-0.15, -0.1) is 0 Å². The van der Waals surface area contributed by atoms with Crippen LogP contribution in [0.5, 0.6) is 0 Å². The minimum Gasteiger partial charge on any atom is -0.543 e. The van der Waals surface area contributed by atoms with Crippen LogP contribution in [0.3, 0.4) is 0 Å². The van der Waals surface area contributed by atoms with Crippen LogP contribution in [-0.2, 0) is 9.59 Å². The van der Waals surface area contributed by atoms with Gasteiger partial charge in [0.15, 0.2) is 5.76 Å². The van der Waals surface area contributed by atoms with E-state index in [0.717, 1.165) is 0 Å². The van der Waals surface area contributed by atoms with E-state index in [1.165, 1.54) is 11.8 Å². The van der Waals surface area contributed by atoms with Crippen LogP contribution < -0.4 is 34.7 Å². The molecule has 118 valence electrons. The predicted molar refractivity (Wildman–Crippen MR) is 72.9 cm³/mol. The molecule has 0 saturated carbocycles. The van der Waals surface area contributed by atoms with Crippen LogP contribution in [0.25, 0.3) is 5.57 Å². The first-order chi connectivity index (χ1) is 10.3. The third-order valence-corrected chi connectivity index (χ3v) is 4.34. The molecule has 1 fully saturated rings. The fraction of sp³-hybridized carbons (Fsp3) is 0.533. The molecule has 0 radical (unpaired) electrons. The van der Waals surface area contributed by atoms with Gasteiger partial charge < -0.3 is 24.4 Å². The van der Waals surface area contributed by atoms with Gasteiger partial charge >= 0.3 is 29.6 Å². The number of hydrogen-bond acceptors (Lipinski definition) is 6. The number of aliphatic hydroxyl groups excluding tert-OH is 1. The average molecular weight is 328 g/mol. The summed E-state index contributed by atoms with van der Waals surface area (Å²) in [6, 6.07) is 1.33. The molecule has 3 heterocycles. The number of fused-ring (bicyclic) bond motifs is 1. The molecule has 3 rings (SSSR count). The molecule has 0 bridgehead atoms. The maximum Gasteiger partial charge on any atom is 1.00 e. The van der Waals surface area contributed by atoms with Gasteiger partial charge in [0.25, 0.3) is 0 Å². The largest absolute Gasteiger partial charge is 1.00 e.